The Balaban J connectivity index is 0.000000211. The lowest BCUT2D eigenvalue weighted by Gasteiger charge is -2.01. The topological polar surface area (TPSA) is 87.4 Å². The average Bonchev–Trinajstić information content (AvgIpc) is 2.53. The van der Waals surface area contributed by atoms with Crippen LogP contribution in [0.3, 0.4) is 0 Å². The molecule has 0 bridgehead atoms. The SMILES string of the molecule is NC(=O)CNc1ccccc1.OCCNc1ccccc1. The van der Waals surface area contributed by atoms with Crippen LogP contribution in [0.1, 0.15) is 0 Å². The summed E-state index contributed by atoms with van der Waals surface area (Å²) in [6.07, 6.45) is 0. The first-order chi connectivity index (χ1) is 10.2. The number of aliphatic hydroxyl groups excluding tert-OH is 1. The van der Waals surface area contributed by atoms with Crippen molar-refractivity contribution in [3.63, 3.8) is 0 Å². The van der Waals surface area contributed by atoms with E-state index >= 15 is 0 Å². The lowest BCUT2D eigenvalue weighted by molar-refractivity contribution is -0.116. The molecule has 0 fully saturated rings. The summed E-state index contributed by atoms with van der Waals surface area (Å²) >= 11 is 0. The third-order valence-corrected chi connectivity index (χ3v) is 2.46. The van der Waals surface area contributed by atoms with E-state index in [1.165, 1.54) is 0 Å². The van der Waals surface area contributed by atoms with Gasteiger partial charge >= 0.3 is 0 Å². The number of hydrogen-bond donors (Lipinski definition) is 4. The van der Waals surface area contributed by atoms with Gasteiger partial charge in [-0.15, -0.1) is 0 Å². The average molecular weight is 287 g/mol. The largest absolute Gasteiger partial charge is 0.395 e. The van der Waals surface area contributed by atoms with Crippen molar-refractivity contribution in [3.8, 4) is 0 Å². The first kappa shape index (κ1) is 16.5. The van der Waals surface area contributed by atoms with Crippen LogP contribution in [0.25, 0.3) is 0 Å². The van der Waals surface area contributed by atoms with E-state index < -0.39 is 0 Å². The quantitative estimate of drug-likeness (QED) is 0.651. The Bertz CT molecular complexity index is 503. The summed E-state index contributed by atoms with van der Waals surface area (Å²) < 4.78 is 0. The Morgan fingerprint density at radius 3 is 1.81 bits per heavy atom. The fraction of sp³-hybridized carbons (Fsp3) is 0.188. The third kappa shape index (κ3) is 8.28. The predicted octanol–water partition coefficient (Wildman–Crippen LogP) is 1.67. The number of carbonyl (C=O) groups is 1. The van der Waals surface area contributed by atoms with Gasteiger partial charge in [-0.25, -0.2) is 0 Å². The fourth-order valence-corrected chi connectivity index (χ4v) is 1.50. The number of nitrogens with two attached hydrogens (primary N) is 1. The molecule has 5 heteroatoms. The molecule has 112 valence electrons. The molecule has 0 aliphatic carbocycles. The maximum absolute atomic E-state index is 10.3. The second-order valence-corrected chi connectivity index (χ2v) is 4.20. The number of para-hydroxylation sites is 2. The Morgan fingerprint density at radius 1 is 0.905 bits per heavy atom. The monoisotopic (exact) mass is 287 g/mol. The van der Waals surface area contributed by atoms with Gasteiger partial charge in [0, 0.05) is 17.9 Å². The summed E-state index contributed by atoms with van der Waals surface area (Å²) in [5.74, 6) is -0.353. The van der Waals surface area contributed by atoms with E-state index in [0.717, 1.165) is 11.4 Å². The van der Waals surface area contributed by atoms with Gasteiger partial charge < -0.3 is 21.5 Å². The molecule has 2 rings (SSSR count). The van der Waals surface area contributed by atoms with Gasteiger partial charge in [0.15, 0.2) is 0 Å². The van der Waals surface area contributed by atoms with E-state index in [0.29, 0.717) is 6.54 Å². The summed E-state index contributed by atoms with van der Waals surface area (Å²) in [6.45, 7) is 0.975. The number of nitrogens with one attached hydrogen (secondary N) is 2. The van der Waals surface area contributed by atoms with E-state index in [1.54, 1.807) is 0 Å². The molecule has 0 saturated heterocycles. The van der Waals surface area contributed by atoms with Crippen molar-refractivity contribution in [1.82, 2.24) is 0 Å². The molecule has 0 saturated carbocycles. The van der Waals surface area contributed by atoms with E-state index in [2.05, 4.69) is 10.6 Å². The fourth-order valence-electron chi connectivity index (χ4n) is 1.50. The highest BCUT2D eigenvalue weighted by Gasteiger charge is 1.92. The number of aliphatic hydroxyl groups is 1. The highest BCUT2D eigenvalue weighted by Crippen LogP contribution is 2.03. The van der Waals surface area contributed by atoms with Crippen LogP contribution in [0, 0.1) is 0 Å². The molecule has 0 atom stereocenters. The molecular formula is C16H21N3O2. The van der Waals surface area contributed by atoms with Gasteiger partial charge in [0.1, 0.15) is 0 Å². The third-order valence-electron chi connectivity index (χ3n) is 2.46. The van der Waals surface area contributed by atoms with Crippen LogP contribution >= 0.6 is 0 Å². The van der Waals surface area contributed by atoms with Crippen molar-refractivity contribution in [1.29, 1.82) is 0 Å². The maximum Gasteiger partial charge on any atom is 0.236 e. The summed E-state index contributed by atoms with van der Waals surface area (Å²) in [7, 11) is 0. The summed E-state index contributed by atoms with van der Waals surface area (Å²) in [6, 6.07) is 19.3. The highest BCUT2D eigenvalue weighted by atomic mass is 16.3. The van der Waals surface area contributed by atoms with Crippen LogP contribution in [-0.4, -0.2) is 30.7 Å². The minimum Gasteiger partial charge on any atom is -0.395 e. The second-order valence-electron chi connectivity index (χ2n) is 4.20. The lowest BCUT2D eigenvalue weighted by atomic mass is 10.3. The Hall–Kier alpha value is -2.53. The van der Waals surface area contributed by atoms with Gasteiger partial charge in [0.25, 0.3) is 0 Å². The number of benzene rings is 2. The van der Waals surface area contributed by atoms with Gasteiger partial charge in [-0.3, -0.25) is 4.79 Å². The standard InChI is InChI=1S/C8H10N2O.C8H11NO/c9-8(11)6-10-7-4-2-1-3-5-7;10-7-6-9-8-4-2-1-3-5-8/h1-5,10H,6H2,(H2,9,11);1-5,9-10H,6-7H2. The zero-order chi connectivity index (χ0) is 15.3. The molecule has 5 N–H and O–H groups in total. The minimum absolute atomic E-state index is 0.175. The zero-order valence-corrected chi connectivity index (χ0v) is 11.8. The van der Waals surface area contributed by atoms with Crippen LogP contribution in [0.5, 0.6) is 0 Å². The number of hydrogen-bond acceptors (Lipinski definition) is 4. The van der Waals surface area contributed by atoms with E-state index in [1.807, 2.05) is 60.7 Å². The van der Waals surface area contributed by atoms with Crippen LogP contribution in [0.4, 0.5) is 11.4 Å². The summed E-state index contributed by atoms with van der Waals surface area (Å²) in [5, 5.41) is 14.4. The Labute approximate surface area is 124 Å². The van der Waals surface area contributed by atoms with Gasteiger partial charge in [0.2, 0.25) is 5.91 Å². The zero-order valence-electron chi connectivity index (χ0n) is 11.8. The predicted molar refractivity (Wildman–Crippen MR) is 86.1 cm³/mol. The molecule has 2 aromatic rings. The van der Waals surface area contributed by atoms with E-state index in [-0.39, 0.29) is 19.1 Å². The van der Waals surface area contributed by atoms with Crippen molar-refractivity contribution in [2.45, 2.75) is 0 Å². The van der Waals surface area contributed by atoms with Crippen LogP contribution in [0.15, 0.2) is 60.7 Å². The molecule has 0 spiro atoms. The lowest BCUT2D eigenvalue weighted by Crippen LogP contribution is -2.21. The molecule has 0 aliphatic rings. The van der Waals surface area contributed by atoms with Gasteiger partial charge in [-0.1, -0.05) is 36.4 Å². The summed E-state index contributed by atoms with van der Waals surface area (Å²) in [5.41, 5.74) is 6.90. The Kier molecular flexibility index (Phi) is 8.09. The van der Waals surface area contributed by atoms with E-state index in [9.17, 15) is 4.79 Å². The first-order valence-corrected chi connectivity index (χ1v) is 6.69. The molecular weight excluding hydrogens is 266 g/mol. The molecule has 0 radical (unpaired) electrons. The number of anilines is 2. The normalized spacial score (nSPS) is 9.19. The summed E-state index contributed by atoms with van der Waals surface area (Å²) in [4.78, 5) is 10.3. The maximum atomic E-state index is 10.3. The highest BCUT2D eigenvalue weighted by molar-refractivity contribution is 5.78. The molecule has 2 aromatic carbocycles. The molecule has 1 amide bonds. The Morgan fingerprint density at radius 2 is 1.38 bits per heavy atom. The minimum atomic E-state index is -0.353. The number of carbonyl (C=O) groups excluding carboxylic acids is 1. The molecule has 0 unspecified atom stereocenters. The molecule has 0 aromatic heterocycles. The van der Waals surface area contributed by atoms with Crippen LogP contribution in [0.2, 0.25) is 0 Å². The van der Waals surface area contributed by atoms with Crippen molar-refractivity contribution in [2.75, 3.05) is 30.3 Å². The number of rotatable bonds is 6. The number of amides is 1. The number of primary amides is 1. The van der Waals surface area contributed by atoms with Crippen LogP contribution < -0.4 is 16.4 Å². The van der Waals surface area contributed by atoms with Crippen molar-refractivity contribution >= 4 is 17.3 Å². The molecule has 0 aliphatic heterocycles. The van der Waals surface area contributed by atoms with Gasteiger partial charge in [0.05, 0.1) is 13.2 Å². The molecule has 0 heterocycles. The molecule has 21 heavy (non-hydrogen) atoms. The first-order valence-electron chi connectivity index (χ1n) is 6.69. The van der Waals surface area contributed by atoms with Crippen molar-refractivity contribution in [3.05, 3.63) is 60.7 Å². The van der Waals surface area contributed by atoms with E-state index in [4.69, 9.17) is 10.8 Å². The van der Waals surface area contributed by atoms with Gasteiger partial charge in [-0.2, -0.15) is 0 Å². The smallest absolute Gasteiger partial charge is 0.236 e. The molecule has 5 nitrogen and oxygen atoms in total. The van der Waals surface area contributed by atoms with Crippen LogP contribution in [-0.2, 0) is 4.79 Å². The van der Waals surface area contributed by atoms with Crippen molar-refractivity contribution < 1.29 is 9.90 Å². The van der Waals surface area contributed by atoms with Gasteiger partial charge in [-0.05, 0) is 24.3 Å². The van der Waals surface area contributed by atoms with Crippen molar-refractivity contribution in [2.24, 2.45) is 5.73 Å². The second kappa shape index (κ2) is 10.3.